The SMILES string of the molecule is ClCCCCCn1c(-c2ccccc2)nc2ccccc21. The van der Waals surface area contributed by atoms with Gasteiger partial charge in [-0.25, -0.2) is 4.98 Å². The second-order valence-electron chi connectivity index (χ2n) is 5.19. The summed E-state index contributed by atoms with van der Waals surface area (Å²) in [5.41, 5.74) is 3.45. The zero-order valence-corrected chi connectivity index (χ0v) is 12.8. The van der Waals surface area contributed by atoms with E-state index in [0.29, 0.717) is 0 Å². The highest BCUT2D eigenvalue weighted by molar-refractivity contribution is 6.17. The number of nitrogens with zero attached hydrogens (tertiary/aromatic N) is 2. The van der Waals surface area contributed by atoms with Crippen molar-refractivity contribution in [3.05, 3.63) is 54.6 Å². The normalized spacial score (nSPS) is 11.1. The molecule has 2 nitrogen and oxygen atoms in total. The first kappa shape index (κ1) is 14.2. The highest BCUT2D eigenvalue weighted by Crippen LogP contribution is 2.25. The van der Waals surface area contributed by atoms with Gasteiger partial charge in [0.15, 0.2) is 0 Å². The molecule has 1 heterocycles. The Morgan fingerprint density at radius 1 is 0.857 bits per heavy atom. The summed E-state index contributed by atoms with van der Waals surface area (Å²) in [5, 5.41) is 0. The number of imidazole rings is 1. The number of halogens is 1. The average molecular weight is 299 g/mol. The minimum absolute atomic E-state index is 0.746. The number of hydrogen-bond donors (Lipinski definition) is 0. The third-order valence-electron chi connectivity index (χ3n) is 3.70. The van der Waals surface area contributed by atoms with E-state index in [1.807, 2.05) is 12.1 Å². The zero-order chi connectivity index (χ0) is 14.5. The van der Waals surface area contributed by atoms with Crippen molar-refractivity contribution in [1.82, 2.24) is 9.55 Å². The standard InChI is InChI=1S/C18H19ClN2/c19-13-7-2-8-14-21-17-12-6-5-11-16(17)20-18(21)15-9-3-1-4-10-15/h1,3-6,9-12H,2,7-8,13-14H2. The van der Waals surface area contributed by atoms with E-state index in [2.05, 4.69) is 47.0 Å². The van der Waals surface area contributed by atoms with E-state index in [0.717, 1.165) is 43.0 Å². The van der Waals surface area contributed by atoms with Crippen LogP contribution in [0.25, 0.3) is 22.4 Å². The van der Waals surface area contributed by atoms with Crippen LogP contribution in [0.4, 0.5) is 0 Å². The molecule has 0 unspecified atom stereocenters. The van der Waals surface area contributed by atoms with Crippen LogP contribution in [0.2, 0.25) is 0 Å². The number of fused-ring (bicyclic) bond motifs is 1. The quantitative estimate of drug-likeness (QED) is 0.456. The average Bonchev–Trinajstić information content (AvgIpc) is 2.91. The highest BCUT2D eigenvalue weighted by Gasteiger charge is 2.11. The molecule has 0 spiro atoms. The Kier molecular flexibility index (Phi) is 4.56. The fourth-order valence-corrected chi connectivity index (χ4v) is 2.84. The second-order valence-corrected chi connectivity index (χ2v) is 5.57. The summed E-state index contributed by atoms with van der Waals surface area (Å²) in [6.07, 6.45) is 3.37. The summed E-state index contributed by atoms with van der Waals surface area (Å²) in [6, 6.07) is 18.8. The summed E-state index contributed by atoms with van der Waals surface area (Å²) in [5.74, 6) is 1.80. The maximum Gasteiger partial charge on any atom is 0.141 e. The Morgan fingerprint density at radius 3 is 2.43 bits per heavy atom. The number of hydrogen-bond acceptors (Lipinski definition) is 1. The molecule has 3 heteroatoms. The third-order valence-corrected chi connectivity index (χ3v) is 3.97. The largest absolute Gasteiger partial charge is 0.324 e. The smallest absolute Gasteiger partial charge is 0.141 e. The van der Waals surface area contributed by atoms with Crippen molar-refractivity contribution in [3.8, 4) is 11.4 Å². The summed E-state index contributed by atoms with van der Waals surface area (Å²) in [7, 11) is 0. The van der Waals surface area contributed by atoms with Gasteiger partial charge in [0.05, 0.1) is 11.0 Å². The van der Waals surface area contributed by atoms with Gasteiger partial charge in [0.2, 0.25) is 0 Å². The van der Waals surface area contributed by atoms with Gasteiger partial charge in [0.25, 0.3) is 0 Å². The fraction of sp³-hybridized carbons (Fsp3) is 0.278. The van der Waals surface area contributed by atoms with E-state index in [4.69, 9.17) is 16.6 Å². The maximum atomic E-state index is 5.77. The van der Waals surface area contributed by atoms with Crippen LogP contribution < -0.4 is 0 Å². The van der Waals surface area contributed by atoms with Gasteiger partial charge in [0, 0.05) is 18.0 Å². The predicted octanol–water partition coefficient (Wildman–Crippen LogP) is 5.11. The molecule has 0 N–H and O–H groups in total. The molecule has 0 bridgehead atoms. The molecule has 0 aliphatic carbocycles. The van der Waals surface area contributed by atoms with Crippen LogP contribution in [-0.2, 0) is 6.54 Å². The lowest BCUT2D eigenvalue weighted by Gasteiger charge is -2.09. The number of aromatic nitrogens is 2. The Hall–Kier alpha value is -1.80. The maximum absolute atomic E-state index is 5.77. The van der Waals surface area contributed by atoms with Crippen LogP contribution >= 0.6 is 11.6 Å². The van der Waals surface area contributed by atoms with Gasteiger partial charge >= 0.3 is 0 Å². The molecule has 0 amide bonds. The molecule has 2 aromatic carbocycles. The molecule has 21 heavy (non-hydrogen) atoms. The van der Waals surface area contributed by atoms with Gasteiger partial charge < -0.3 is 4.57 Å². The Labute approximate surface area is 130 Å². The lowest BCUT2D eigenvalue weighted by molar-refractivity contribution is 0.619. The summed E-state index contributed by atoms with van der Waals surface area (Å²) >= 11 is 5.77. The van der Waals surface area contributed by atoms with Gasteiger partial charge in [-0.1, -0.05) is 48.9 Å². The summed E-state index contributed by atoms with van der Waals surface area (Å²) in [4.78, 5) is 4.82. The minimum Gasteiger partial charge on any atom is -0.324 e. The van der Waals surface area contributed by atoms with Crippen molar-refractivity contribution in [3.63, 3.8) is 0 Å². The number of aryl methyl sites for hydroxylation is 1. The molecule has 0 saturated heterocycles. The first-order chi connectivity index (χ1) is 10.4. The van der Waals surface area contributed by atoms with E-state index >= 15 is 0 Å². The van der Waals surface area contributed by atoms with Crippen molar-refractivity contribution in [2.24, 2.45) is 0 Å². The van der Waals surface area contributed by atoms with E-state index in [9.17, 15) is 0 Å². The molecule has 0 fully saturated rings. The molecule has 3 rings (SSSR count). The van der Waals surface area contributed by atoms with Crippen molar-refractivity contribution in [2.75, 3.05) is 5.88 Å². The zero-order valence-electron chi connectivity index (χ0n) is 12.0. The lowest BCUT2D eigenvalue weighted by Crippen LogP contribution is -2.01. The second kappa shape index (κ2) is 6.77. The molecule has 108 valence electrons. The number of alkyl halides is 1. The van der Waals surface area contributed by atoms with Gasteiger partial charge in [-0.2, -0.15) is 0 Å². The number of unbranched alkanes of at least 4 members (excludes halogenated alkanes) is 2. The van der Waals surface area contributed by atoms with Crippen LogP contribution in [0.15, 0.2) is 54.6 Å². The number of rotatable bonds is 6. The van der Waals surface area contributed by atoms with Gasteiger partial charge in [-0.15, -0.1) is 11.6 Å². The van der Waals surface area contributed by atoms with Crippen molar-refractivity contribution >= 4 is 22.6 Å². The van der Waals surface area contributed by atoms with Crippen molar-refractivity contribution < 1.29 is 0 Å². The molecular formula is C18H19ClN2. The van der Waals surface area contributed by atoms with Crippen molar-refractivity contribution in [1.29, 1.82) is 0 Å². The molecule has 0 aliphatic heterocycles. The van der Waals surface area contributed by atoms with Gasteiger partial charge in [-0.05, 0) is 25.0 Å². The van der Waals surface area contributed by atoms with Gasteiger partial charge in [-0.3, -0.25) is 0 Å². The van der Waals surface area contributed by atoms with E-state index in [1.165, 1.54) is 11.1 Å². The molecule has 0 aliphatic rings. The molecule has 0 radical (unpaired) electrons. The molecule has 1 aromatic heterocycles. The van der Waals surface area contributed by atoms with E-state index in [1.54, 1.807) is 0 Å². The first-order valence-corrected chi connectivity index (χ1v) is 8.00. The summed E-state index contributed by atoms with van der Waals surface area (Å²) < 4.78 is 2.33. The Morgan fingerprint density at radius 2 is 1.62 bits per heavy atom. The fourth-order valence-electron chi connectivity index (χ4n) is 2.65. The third kappa shape index (κ3) is 3.11. The minimum atomic E-state index is 0.746. The van der Waals surface area contributed by atoms with E-state index in [-0.39, 0.29) is 0 Å². The van der Waals surface area contributed by atoms with Crippen molar-refractivity contribution in [2.45, 2.75) is 25.8 Å². The Bertz CT molecular complexity index is 704. The van der Waals surface area contributed by atoms with Crippen LogP contribution in [0, 0.1) is 0 Å². The highest BCUT2D eigenvalue weighted by atomic mass is 35.5. The number of benzene rings is 2. The van der Waals surface area contributed by atoms with Crippen LogP contribution in [0.5, 0.6) is 0 Å². The van der Waals surface area contributed by atoms with Crippen LogP contribution in [-0.4, -0.2) is 15.4 Å². The van der Waals surface area contributed by atoms with Crippen LogP contribution in [0.3, 0.4) is 0 Å². The number of para-hydroxylation sites is 2. The monoisotopic (exact) mass is 298 g/mol. The summed E-state index contributed by atoms with van der Waals surface area (Å²) in [6.45, 7) is 0.988. The van der Waals surface area contributed by atoms with Crippen LogP contribution in [0.1, 0.15) is 19.3 Å². The first-order valence-electron chi connectivity index (χ1n) is 7.47. The molecule has 0 saturated carbocycles. The predicted molar refractivity (Wildman–Crippen MR) is 89.7 cm³/mol. The molecular weight excluding hydrogens is 280 g/mol. The van der Waals surface area contributed by atoms with Gasteiger partial charge in [0.1, 0.15) is 5.82 Å². The molecule has 0 atom stereocenters. The topological polar surface area (TPSA) is 17.8 Å². The molecule has 3 aromatic rings. The Balaban J connectivity index is 1.98. The lowest BCUT2D eigenvalue weighted by atomic mass is 10.2. The van der Waals surface area contributed by atoms with E-state index < -0.39 is 0 Å².